The summed E-state index contributed by atoms with van der Waals surface area (Å²) in [5.41, 5.74) is -3.58. The third-order valence-electron chi connectivity index (χ3n) is 13.9. The molecule has 60 heavy (non-hydrogen) atoms. The summed E-state index contributed by atoms with van der Waals surface area (Å²) in [6, 6.07) is 3.54. The molecule has 2 aliphatic heterocycles. The maximum absolute atomic E-state index is 16.4. The first kappa shape index (κ1) is 42.4. The Kier molecular flexibility index (Phi) is 10.6. The largest absolute Gasteiger partial charge is 0.471 e. The summed E-state index contributed by atoms with van der Waals surface area (Å²) in [6.07, 6.45) is -3.03. The Bertz CT molecular complexity index is 2190. The summed E-state index contributed by atoms with van der Waals surface area (Å²) in [5, 5.41) is 5.10. The van der Waals surface area contributed by atoms with Crippen molar-refractivity contribution in [3.63, 3.8) is 0 Å². The van der Waals surface area contributed by atoms with E-state index in [-0.39, 0.29) is 42.6 Å². The molecule has 2 aromatic rings. The summed E-state index contributed by atoms with van der Waals surface area (Å²) in [7, 11) is -4.29. The van der Waals surface area contributed by atoms with Gasteiger partial charge in [0.2, 0.25) is 34.1 Å². The third-order valence-corrected chi connectivity index (χ3v) is 16.0. The number of nitrogens with zero attached hydrogens (tertiary/aromatic N) is 3. The molecule has 19 heteroatoms. The molecule has 0 radical (unpaired) electrons. The summed E-state index contributed by atoms with van der Waals surface area (Å²) in [6.45, 7) is 6.08. The molecule has 1 aromatic carbocycles. The molecule has 6 aliphatic rings. The molecule has 1 aromatic heterocycles. The van der Waals surface area contributed by atoms with Gasteiger partial charge in [-0.15, -0.1) is 0 Å². The topological polar surface area (TPSA) is 186 Å². The molecule has 4 aliphatic carbocycles. The summed E-state index contributed by atoms with van der Waals surface area (Å²) in [5.74, 6) is -8.37. The number of fused-ring (bicyclic) bond motifs is 7. The zero-order chi connectivity index (χ0) is 43.2. The number of para-hydroxylation sites is 2. The number of ether oxygens (including phenoxy) is 2. The molecular formula is C41H52F4N6O8S. The number of rotatable bonds is 6. The fraction of sp³-hybridized carbons (Fsp3) is 0.707. The number of amides is 4. The van der Waals surface area contributed by atoms with Gasteiger partial charge in [-0.05, 0) is 93.6 Å². The molecule has 9 unspecified atom stereocenters. The number of carbonyl (C=O) groups excluding carboxylic acids is 4. The lowest BCUT2D eigenvalue weighted by Gasteiger charge is -2.36. The van der Waals surface area contributed by atoms with Crippen LogP contribution in [0.5, 0.6) is 5.88 Å². The van der Waals surface area contributed by atoms with Gasteiger partial charge >= 0.3 is 6.09 Å². The zero-order valence-electron chi connectivity index (χ0n) is 34.0. The van der Waals surface area contributed by atoms with Crippen LogP contribution in [0.25, 0.3) is 11.0 Å². The number of nitrogens with one attached hydrogen (secondary N) is 3. The minimum absolute atomic E-state index is 0.0521. The standard InChI is InChI=1S/C41H52F4N6O8S/c1-38(2,3)31-35(53)51-20-22(18-28(51)33(52)49-40(19-25(40)32(42)43)36(54)50-60(56,57)39(4)15-16-39)58-34-30(46-26-10-5-6-11-27(26)47-34)41(44,45)14-8-7-9-24-23-13-12-21(23)17-29(24)59-37(55)48-31/h5-6,10-11,21-25,28-29,31-32H,7-9,12-20H2,1-4H3,(H,48,55)(H,49,52)(H,50,54). The van der Waals surface area contributed by atoms with Crippen LogP contribution in [-0.2, 0) is 35.1 Å². The molecular weight excluding hydrogens is 813 g/mol. The third kappa shape index (κ3) is 7.76. The number of sulfonamides is 1. The number of halogens is 4. The number of alkyl halides is 4. The first-order valence-electron chi connectivity index (χ1n) is 20.9. The van der Waals surface area contributed by atoms with Gasteiger partial charge in [-0.2, -0.15) is 8.78 Å². The maximum Gasteiger partial charge on any atom is 0.408 e. The van der Waals surface area contributed by atoms with Crippen LogP contribution in [0.4, 0.5) is 22.4 Å². The van der Waals surface area contributed by atoms with Crippen LogP contribution < -0.4 is 20.1 Å². The summed E-state index contributed by atoms with van der Waals surface area (Å²) < 4.78 is 100. The fourth-order valence-electron chi connectivity index (χ4n) is 9.66. The summed E-state index contributed by atoms with van der Waals surface area (Å²) in [4.78, 5) is 66.2. The number of aromatic nitrogens is 2. The highest BCUT2D eigenvalue weighted by molar-refractivity contribution is 7.91. The molecule has 5 fully saturated rings. The van der Waals surface area contributed by atoms with Gasteiger partial charge in [0.1, 0.15) is 29.8 Å². The van der Waals surface area contributed by atoms with E-state index in [4.69, 9.17) is 9.47 Å². The van der Waals surface area contributed by atoms with Gasteiger partial charge in [0.15, 0.2) is 5.69 Å². The van der Waals surface area contributed by atoms with Crippen molar-refractivity contribution in [3.8, 4) is 5.88 Å². The minimum atomic E-state index is -4.29. The normalized spacial score (nSPS) is 33.7. The van der Waals surface area contributed by atoms with Crippen LogP contribution >= 0.6 is 0 Å². The molecule has 328 valence electrons. The molecule has 0 spiro atoms. The predicted molar refractivity (Wildman–Crippen MR) is 207 cm³/mol. The average molecular weight is 865 g/mol. The van der Waals surface area contributed by atoms with E-state index < -0.39 is 123 Å². The predicted octanol–water partition coefficient (Wildman–Crippen LogP) is 5.34. The van der Waals surface area contributed by atoms with E-state index in [1.165, 1.54) is 6.92 Å². The van der Waals surface area contributed by atoms with Crippen molar-refractivity contribution in [2.45, 2.75) is 145 Å². The maximum atomic E-state index is 16.4. The van der Waals surface area contributed by atoms with Gasteiger partial charge in [-0.3, -0.25) is 19.1 Å². The number of benzene rings is 1. The first-order chi connectivity index (χ1) is 28.1. The second-order valence-corrected chi connectivity index (χ2v) is 21.3. The average Bonchev–Trinajstić information content (AvgIpc) is 4.03. The van der Waals surface area contributed by atoms with Crippen molar-refractivity contribution >= 4 is 44.9 Å². The molecule has 8 rings (SSSR count). The zero-order valence-corrected chi connectivity index (χ0v) is 34.8. The van der Waals surface area contributed by atoms with E-state index >= 15 is 8.78 Å². The Balaban J connectivity index is 1.15. The molecule has 3 N–H and O–H groups in total. The highest BCUT2D eigenvalue weighted by Crippen LogP contribution is 2.54. The van der Waals surface area contributed by atoms with Crippen LogP contribution in [-0.4, -0.2) is 94.6 Å². The quantitative estimate of drug-likeness (QED) is 0.321. The van der Waals surface area contributed by atoms with Gasteiger partial charge in [0, 0.05) is 12.8 Å². The first-order valence-corrected chi connectivity index (χ1v) is 22.4. The lowest BCUT2D eigenvalue weighted by molar-refractivity contribution is -0.143. The van der Waals surface area contributed by atoms with E-state index in [9.17, 15) is 36.4 Å². The lowest BCUT2D eigenvalue weighted by atomic mass is 9.71. The Morgan fingerprint density at radius 1 is 0.967 bits per heavy atom. The molecule has 1 saturated heterocycles. The molecule has 3 heterocycles. The van der Waals surface area contributed by atoms with Gasteiger partial charge in [-0.25, -0.2) is 32.0 Å². The van der Waals surface area contributed by atoms with Crippen LogP contribution in [0.3, 0.4) is 0 Å². The number of alkyl carbamates (subject to hydrolysis) is 1. The monoisotopic (exact) mass is 864 g/mol. The summed E-state index contributed by atoms with van der Waals surface area (Å²) >= 11 is 0. The second kappa shape index (κ2) is 15.0. The minimum Gasteiger partial charge on any atom is -0.471 e. The smallest absolute Gasteiger partial charge is 0.408 e. The highest BCUT2D eigenvalue weighted by Gasteiger charge is 2.67. The number of carbonyl (C=O) groups is 4. The van der Waals surface area contributed by atoms with Crippen molar-refractivity contribution in [2.75, 3.05) is 6.54 Å². The SMILES string of the molecule is CC(C)(C)C1NC(=O)OC2CC3CCC3C2CCCCC(F)(F)c2nc3ccccc3nc2OC2CC(C(=O)NC3(C(=O)NS(=O)(=O)C4(C)CC4)CC3C(F)F)N(C2)C1=O. The van der Waals surface area contributed by atoms with Gasteiger partial charge < -0.3 is 25.0 Å². The van der Waals surface area contributed by atoms with Crippen molar-refractivity contribution in [3.05, 3.63) is 30.0 Å². The van der Waals surface area contributed by atoms with Crippen molar-refractivity contribution in [1.29, 1.82) is 0 Å². The van der Waals surface area contributed by atoms with Gasteiger partial charge in [-0.1, -0.05) is 39.3 Å². The van der Waals surface area contributed by atoms with Crippen LogP contribution in [0.1, 0.15) is 104 Å². The van der Waals surface area contributed by atoms with E-state index in [0.717, 1.165) is 17.7 Å². The second-order valence-electron chi connectivity index (χ2n) is 19.1. The fourth-order valence-corrected chi connectivity index (χ4v) is 11.0. The Hall–Kier alpha value is -4.29. The van der Waals surface area contributed by atoms with Crippen molar-refractivity contribution < 1.29 is 54.6 Å². The number of hydrogen-bond donors (Lipinski definition) is 3. The Labute approximate surface area is 345 Å². The van der Waals surface area contributed by atoms with Gasteiger partial charge in [0.25, 0.3) is 11.8 Å². The van der Waals surface area contributed by atoms with E-state index in [0.29, 0.717) is 31.1 Å². The van der Waals surface area contributed by atoms with Crippen LogP contribution in [0, 0.1) is 29.1 Å². The van der Waals surface area contributed by atoms with Crippen molar-refractivity contribution in [2.24, 2.45) is 29.1 Å². The molecule has 9 atom stereocenters. The lowest BCUT2D eigenvalue weighted by Crippen LogP contribution is -2.60. The number of hydrogen-bond acceptors (Lipinski definition) is 10. The van der Waals surface area contributed by atoms with Crippen LogP contribution in [0.2, 0.25) is 0 Å². The highest BCUT2D eigenvalue weighted by atomic mass is 32.2. The van der Waals surface area contributed by atoms with E-state index in [1.807, 2.05) is 4.72 Å². The molecule has 4 amide bonds. The van der Waals surface area contributed by atoms with Crippen LogP contribution in [0.15, 0.2) is 24.3 Å². The molecule has 14 nitrogen and oxygen atoms in total. The van der Waals surface area contributed by atoms with E-state index in [1.54, 1.807) is 45.0 Å². The van der Waals surface area contributed by atoms with E-state index in [2.05, 4.69) is 20.6 Å². The molecule has 4 saturated carbocycles. The Morgan fingerprint density at radius 3 is 2.28 bits per heavy atom. The van der Waals surface area contributed by atoms with Crippen molar-refractivity contribution in [1.82, 2.24) is 30.2 Å². The Morgan fingerprint density at radius 2 is 1.67 bits per heavy atom. The molecule has 2 bridgehead atoms. The van der Waals surface area contributed by atoms with Gasteiger partial charge in [0.05, 0.1) is 28.2 Å².